The van der Waals surface area contributed by atoms with Gasteiger partial charge in [-0.25, -0.2) is 4.98 Å². The van der Waals surface area contributed by atoms with Gasteiger partial charge >= 0.3 is 0 Å². The molecule has 2 aliphatic rings. The Hall–Kier alpha value is -4.86. The Labute approximate surface area is 257 Å². The molecule has 2 aliphatic heterocycles. The van der Waals surface area contributed by atoms with Crippen LogP contribution in [0.5, 0.6) is 0 Å². The number of fused-ring (bicyclic) bond motifs is 3. The third kappa shape index (κ3) is 5.36. The molecule has 3 atom stereocenters. The molecule has 3 N–H and O–H groups in total. The van der Waals surface area contributed by atoms with Gasteiger partial charge in [0, 0.05) is 46.9 Å². The van der Waals surface area contributed by atoms with E-state index in [1.807, 2.05) is 60.5 Å². The van der Waals surface area contributed by atoms with Crippen molar-refractivity contribution < 1.29 is 9.59 Å². The maximum atomic E-state index is 13.4. The molecule has 2 fully saturated rings. The molecule has 44 heavy (non-hydrogen) atoms. The molecule has 1 amide bonds. The van der Waals surface area contributed by atoms with Gasteiger partial charge in [-0.1, -0.05) is 49.9 Å². The molecule has 0 saturated carbocycles. The molecular formula is C34H38N8O2. The highest BCUT2D eigenvalue weighted by atomic mass is 16.2. The first-order chi connectivity index (χ1) is 21.3. The van der Waals surface area contributed by atoms with Gasteiger partial charge in [0.15, 0.2) is 11.4 Å². The monoisotopic (exact) mass is 590 g/mol. The number of nitrogens with zero attached hydrogens (tertiary/aromatic N) is 6. The van der Waals surface area contributed by atoms with Crippen molar-refractivity contribution in [2.45, 2.75) is 76.9 Å². The number of rotatable bonds is 9. The van der Waals surface area contributed by atoms with Crippen LogP contribution in [-0.4, -0.2) is 60.6 Å². The van der Waals surface area contributed by atoms with Crippen molar-refractivity contribution in [1.82, 2.24) is 29.8 Å². The summed E-state index contributed by atoms with van der Waals surface area (Å²) < 4.78 is 1.55. The van der Waals surface area contributed by atoms with Crippen LogP contribution >= 0.6 is 0 Å². The molecule has 10 nitrogen and oxygen atoms in total. The predicted molar refractivity (Wildman–Crippen MR) is 172 cm³/mol. The number of Topliss-reactive ketones (excluding diaryl/α,β-unsaturated/α-hetero) is 1. The smallest absolute Gasteiger partial charge is 0.270 e. The molecule has 4 aromatic rings. The molecule has 10 heteroatoms. The molecule has 6 rings (SSSR count). The fourth-order valence-electron chi connectivity index (χ4n) is 6.52. The summed E-state index contributed by atoms with van der Waals surface area (Å²) in [6.45, 7) is 9.59. The molecule has 0 radical (unpaired) electrons. The highest BCUT2D eigenvalue weighted by molar-refractivity contribution is 6.00. The first-order valence-corrected chi connectivity index (χ1v) is 15.3. The number of aliphatic imine (C=N–C) groups is 1. The molecule has 226 valence electrons. The zero-order chi connectivity index (χ0) is 31.0. The Morgan fingerprint density at radius 1 is 1.11 bits per heavy atom. The lowest BCUT2D eigenvalue weighted by Gasteiger charge is -2.39. The Morgan fingerprint density at radius 3 is 2.48 bits per heavy atom. The SMILES string of the molecule is C=C(NC=NC(C)CC)C(=O)N1C2CCC1CC(c1nc3c(-c4ccc(-c5ccccc5)nc4)cnn3c(N)c1C(C)=O)C2. The van der Waals surface area contributed by atoms with Gasteiger partial charge in [-0.3, -0.25) is 19.6 Å². The fraction of sp³-hybridized carbons (Fsp3) is 0.353. The topological polar surface area (TPSA) is 131 Å². The number of ketones is 1. The van der Waals surface area contributed by atoms with Gasteiger partial charge in [-0.15, -0.1) is 0 Å². The van der Waals surface area contributed by atoms with Crippen molar-refractivity contribution in [1.29, 1.82) is 0 Å². The molecule has 5 heterocycles. The summed E-state index contributed by atoms with van der Waals surface area (Å²) in [5.41, 5.74) is 12.2. The number of carbonyl (C=O) groups excluding carboxylic acids is 2. The van der Waals surface area contributed by atoms with Gasteiger partial charge in [0.25, 0.3) is 5.91 Å². The van der Waals surface area contributed by atoms with Gasteiger partial charge in [-0.05, 0) is 52.0 Å². The minimum atomic E-state index is -0.151. The maximum Gasteiger partial charge on any atom is 0.270 e. The lowest BCUT2D eigenvalue weighted by molar-refractivity contribution is -0.131. The van der Waals surface area contributed by atoms with Crippen molar-refractivity contribution in [2.24, 2.45) is 4.99 Å². The van der Waals surface area contributed by atoms with Crippen molar-refractivity contribution in [3.8, 4) is 22.4 Å². The van der Waals surface area contributed by atoms with E-state index in [9.17, 15) is 9.59 Å². The van der Waals surface area contributed by atoms with E-state index in [1.54, 1.807) is 17.1 Å². The van der Waals surface area contributed by atoms with Crippen LogP contribution in [0.15, 0.2) is 72.1 Å². The highest BCUT2D eigenvalue weighted by Gasteiger charge is 2.45. The normalized spacial score (nSPS) is 20.2. The van der Waals surface area contributed by atoms with Gasteiger partial charge in [0.1, 0.15) is 5.82 Å². The van der Waals surface area contributed by atoms with Crippen molar-refractivity contribution >= 4 is 29.5 Å². The lowest BCUT2D eigenvalue weighted by atomic mass is 9.85. The minimum Gasteiger partial charge on any atom is -0.383 e. The van der Waals surface area contributed by atoms with E-state index in [1.165, 1.54) is 6.92 Å². The second-order valence-electron chi connectivity index (χ2n) is 11.8. The van der Waals surface area contributed by atoms with Crippen molar-refractivity contribution in [3.05, 3.63) is 78.4 Å². The van der Waals surface area contributed by atoms with Crippen LogP contribution in [-0.2, 0) is 4.79 Å². The Bertz CT molecular complexity index is 1730. The minimum absolute atomic E-state index is 0.0227. The summed E-state index contributed by atoms with van der Waals surface area (Å²) in [7, 11) is 0. The van der Waals surface area contributed by atoms with E-state index in [4.69, 9.17) is 10.7 Å². The number of nitrogens with one attached hydrogen (secondary N) is 1. The average molecular weight is 591 g/mol. The lowest BCUT2D eigenvalue weighted by Crippen LogP contribution is -2.48. The van der Waals surface area contributed by atoms with Crippen molar-refractivity contribution in [2.75, 3.05) is 5.73 Å². The van der Waals surface area contributed by atoms with Crippen LogP contribution in [0.4, 0.5) is 5.82 Å². The quantitative estimate of drug-likeness (QED) is 0.115. The highest BCUT2D eigenvalue weighted by Crippen LogP contribution is 2.45. The summed E-state index contributed by atoms with van der Waals surface area (Å²) in [6, 6.07) is 14.2. The van der Waals surface area contributed by atoms with Crippen LogP contribution in [0.3, 0.4) is 0 Å². The molecule has 1 aromatic carbocycles. The summed E-state index contributed by atoms with van der Waals surface area (Å²) in [5, 5.41) is 7.49. The number of aromatic nitrogens is 4. The molecule has 0 spiro atoms. The zero-order valence-corrected chi connectivity index (χ0v) is 25.4. The standard InChI is InChI=1S/C34H38N8O2/c1-5-20(2)37-19-38-21(3)34(44)41-26-12-13-27(41)16-25(15-26)31-30(22(4)43)32(35)42-33(40-31)28(18-39-42)24-11-14-29(36-17-24)23-9-7-6-8-10-23/h6-11,14,17-20,25-27H,3,5,12-13,15-16,35H2,1-2,4H3,(H,37,38). The number of piperidine rings is 1. The Morgan fingerprint density at radius 2 is 1.84 bits per heavy atom. The number of hydrogen-bond acceptors (Lipinski definition) is 7. The van der Waals surface area contributed by atoms with Crippen LogP contribution in [0.25, 0.3) is 28.0 Å². The van der Waals surface area contributed by atoms with Crippen LogP contribution in [0.1, 0.15) is 74.8 Å². The largest absolute Gasteiger partial charge is 0.383 e. The van der Waals surface area contributed by atoms with E-state index in [0.717, 1.165) is 41.6 Å². The Balaban J connectivity index is 1.29. The zero-order valence-electron chi connectivity index (χ0n) is 25.4. The second-order valence-corrected chi connectivity index (χ2v) is 11.8. The third-order valence-electron chi connectivity index (χ3n) is 8.98. The summed E-state index contributed by atoms with van der Waals surface area (Å²) in [6.07, 6.45) is 9.19. The van der Waals surface area contributed by atoms with E-state index >= 15 is 0 Å². The van der Waals surface area contributed by atoms with Gasteiger partial charge in [-0.2, -0.15) is 9.61 Å². The second kappa shape index (κ2) is 12.0. The number of carbonyl (C=O) groups is 2. The number of benzene rings is 1. The molecule has 3 unspecified atom stereocenters. The van der Waals surface area contributed by atoms with Crippen LogP contribution in [0.2, 0.25) is 0 Å². The average Bonchev–Trinajstić information content (AvgIpc) is 3.58. The number of nitrogens with two attached hydrogens (primary N) is 1. The molecule has 2 saturated heterocycles. The van der Waals surface area contributed by atoms with Crippen molar-refractivity contribution in [3.63, 3.8) is 0 Å². The maximum absolute atomic E-state index is 13.4. The number of anilines is 1. The number of nitrogen functional groups attached to an aromatic ring is 1. The fourth-order valence-corrected chi connectivity index (χ4v) is 6.52. The van der Waals surface area contributed by atoms with Gasteiger partial charge in [0.2, 0.25) is 0 Å². The number of pyridine rings is 1. The molecule has 3 aromatic heterocycles. The van der Waals surface area contributed by atoms with E-state index in [0.29, 0.717) is 35.4 Å². The van der Waals surface area contributed by atoms with Crippen LogP contribution in [0, 0.1) is 0 Å². The number of amides is 1. The molecule has 2 bridgehead atoms. The first-order valence-electron chi connectivity index (χ1n) is 15.3. The molecule has 0 aliphatic carbocycles. The van der Waals surface area contributed by atoms with Crippen LogP contribution < -0.4 is 11.1 Å². The molecular weight excluding hydrogens is 552 g/mol. The first kappa shape index (κ1) is 29.2. The Kier molecular flexibility index (Phi) is 7.99. The van der Waals surface area contributed by atoms with E-state index < -0.39 is 0 Å². The summed E-state index contributed by atoms with van der Waals surface area (Å²) in [4.78, 5) is 42.5. The van der Waals surface area contributed by atoms with E-state index in [-0.39, 0.29) is 41.6 Å². The van der Waals surface area contributed by atoms with Gasteiger partial charge < -0.3 is 16.0 Å². The number of hydrogen-bond donors (Lipinski definition) is 2. The predicted octanol–water partition coefficient (Wildman–Crippen LogP) is 5.41. The summed E-state index contributed by atoms with van der Waals surface area (Å²) in [5.74, 6) is -0.00781. The van der Waals surface area contributed by atoms with E-state index in [2.05, 4.69) is 33.9 Å². The summed E-state index contributed by atoms with van der Waals surface area (Å²) >= 11 is 0. The van der Waals surface area contributed by atoms with Gasteiger partial charge in [0.05, 0.1) is 35.2 Å². The third-order valence-corrected chi connectivity index (χ3v) is 8.98.